The monoisotopic (exact) mass is 348 g/mol. The van der Waals surface area contributed by atoms with Crippen LogP contribution < -0.4 is 0 Å². The standard InChI is InChI=1S/C19H24O6/c1-13(9-10-20)15-16-19(11-22-15,25-18(2,3)24-16)12-23-17(21)14-7-5-4-6-8-14/h4-8,10,13,15-16H,9,11-12H2,1-3H3/t13?,15-,16-,19-/m0/s1. The summed E-state index contributed by atoms with van der Waals surface area (Å²) in [6, 6.07) is 8.81. The van der Waals surface area contributed by atoms with Gasteiger partial charge in [-0.1, -0.05) is 25.1 Å². The van der Waals surface area contributed by atoms with E-state index in [1.807, 2.05) is 26.8 Å². The molecule has 25 heavy (non-hydrogen) atoms. The van der Waals surface area contributed by atoms with E-state index in [0.717, 1.165) is 6.29 Å². The molecule has 0 amide bonds. The quantitative estimate of drug-likeness (QED) is 0.580. The topological polar surface area (TPSA) is 71.1 Å². The van der Waals surface area contributed by atoms with Gasteiger partial charge in [-0.15, -0.1) is 0 Å². The molecule has 0 N–H and O–H groups in total. The molecule has 1 aromatic carbocycles. The summed E-state index contributed by atoms with van der Waals surface area (Å²) in [5, 5.41) is 0. The summed E-state index contributed by atoms with van der Waals surface area (Å²) in [6.45, 7) is 5.90. The van der Waals surface area contributed by atoms with Gasteiger partial charge in [-0.05, 0) is 31.9 Å². The number of aldehydes is 1. The van der Waals surface area contributed by atoms with Gasteiger partial charge in [-0.25, -0.2) is 4.79 Å². The smallest absolute Gasteiger partial charge is 0.338 e. The van der Waals surface area contributed by atoms with Crippen LogP contribution in [0.25, 0.3) is 0 Å². The Balaban J connectivity index is 1.73. The third-order valence-corrected chi connectivity index (χ3v) is 4.68. The average Bonchev–Trinajstić information content (AvgIpc) is 3.04. The van der Waals surface area contributed by atoms with E-state index in [9.17, 15) is 9.59 Å². The van der Waals surface area contributed by atoms with E-state index in [4.69, 9.17) is 18.9 Å². The van der Waals surface area contributed by atoms with Gasteiger partial charge >= 0.3 is 5.97 Å². The summed E-state index contributed by atoms with van der Waals surface area (Å²) in [5.41, 5.74) is -0.367. The van der Waals surface area contributed by atoms with Crippen molar-refractivity contribution >= 4 is 12.3 Å². The van der Waals surface area contributed by atoms with Gasteiger partial charge in [-0.3, -0.25) is 0 Å². The van der Waals surface area contributed by atoms with Crippen LogP contribution in [0.4, 0.5) is 0 Å². The van der Waals surface area contributed by atoms with Crippen molar-refractivity contribution in [1.29, 1.82) is 0 Å². The first-order valence-electron chi connectivity index (χ1n) is 8.52. The van der Waals surface area contributed by atoms with Crippen molar-refractivity contribution in [2.45, 2.75) is 50.8 Å². The number of carbonyl (C=O) groups is 2. The molecule has 2 aliphatic rings. The highest BCUT2D eigenvalue weighted by molar-refractivity contribution is 5.89. The fourth-order valence-electron chi connectivity index (χ4n) is 3.53. The number of ether oxygens (including phenoxy) is 4. The molecule has 0 aliphatic carbocycles. The van der Waals surface area contributed by atoms with Crippen LogP contribution in [0.2, 0.25) is 0 Å². The molecule has 0 aromatic heterocycles. The number of hydrogen-bond donors (Lipinski definition) is 0. The lowest BCUT2D eigenvalue weighted by molar-refractivity contribution is -0.197. The van der Waals surface area contributed by atoms with Crippen molar-refractivity contribution in [3.8, 4) is 0 Å². The van der Waals surface area contributed by atoms with Gasteiger partial charge in [0.2, 0.25) is 0 Å². The molecule has 2 heterocycles. The molecule has 4 atom stereocenters. The number of esters is 1. The van der Waals surface area contributed by atoms with Gasteiger partial charge < -0.3 is 23.7 Å². The lowest BCUT2D eigenvalue weighted by atomic mass is 9.90. The Kier molecular flexibility index (Phi) is 4.95. The maximum atomic E-state index is 12.3. The Bertz CT molecular complexity index is 628. The third kappa shape index (κ3) is 3.61. The molecule has 2 fully saturated rings. The van der Waals surface area contributed by atoms with Crippen molar-refractivity contribution < 1.29 is 28.5 Å². The van der Waals surface area contributed by atoms with Crippen LogP contribution in [0.3, 0.4) is 0 Å². The summed E-state index contributed by atoms with van der Waals surface area (Å²) in [6.07, 6.45) is 0.596. The third-order valence-electron chi connectivity index (χ3n) is 4.68. The molecule has 1 aromatic rings. The molecule has 136 valence electrons. The van der Waals surface area contributed by atoms with E-state index in [1.54, 1.807) is 24.3 Å². The minimum Gasteiger partial charge on any atom is -0.459 e. The molecule has 3 rings (SSSR count). The highest BCUT2D eigenvalue weighted by Gasteiger charge is 2.62. The van der Waals surface area contributed by atoms with E-state index in [0.29, 0.717) is 12.0 Å². The first-order chi connectivity index (χ1) is 11.9. The SMILES string of the molecule is CC(CC=O)[C@@H]1OC[C@@]2(COC(=O)c3ccccc3)OC(C)(C)O[C@@H]12. The lowest BCUT2D eigenvalue weighted by Crippen LogP contribution is -2.47. The maximum absolute atomic E-state index is 12.3. The fourth-order valence-corrected chi connectivity index (χ4v) is 3.53. The molecular formula is C19H24O6. The van der Waals surface area contributed by atoms with Crippen molar-refractivity contribution in [3.63, 3.8) is 0 Å². The van der Waals surface area contributed by atoms with E-state index in [-0.39, 0.29) is 31.3 Å². The fraction of sp³-hybridized carbons (Fsp3) is 0.579. The number of hydrogen-bond acceptors (Lipinski definition) is 6. The molecule has 2 saturated heterocycles. The second kappa shape index (κ2) is 6.86. The molecule has 6 heteroatoms. The Morgan fingerprint density at radius 1 is 1.36 bits per heavy atom. The van der Waals surface area contributed by atoms with Gasteiger partial charge in [-0.2, -0.15) is 0 Å². The molecule has 2 aliphatic heterocycles. The minimum atomic E-state index is -0.851. The Hall–Kier alpha value is -1.76. The van der Waals surface area contributed by atoms with Crippen LogP contribution in [-0.2, 0) is 23.7 Å². The predicted octanol–water partition coefficient (Wildman–Crippen LogP) is 2.36. The zero-order valence-electron chi connectivity index (χ0n) is 14.8. The number of rotatable bonds is 6. The second-order valence-electron chi connectivity index (χ2n) is 7.20. The highest BCUT2D eigenvalue weighted by Crippen LogP contribution is 2.45. The predicted molar refractivity (Wildman–Crippen MR) is 89.1 cm³/mol. The Labute approximate surface area is 147 Å². The number of fused-ring (bicyclic) bond motifs is 1. The van der Waals surface area contributed by atoms with Crippen molar-refractivity contribution in [2.75, 3.05) is 13.2 Å². The van der Waals surface area contributed by atoms with E-state index in [2.05, 4.69) is 0 Å². The van der Waals surface area contributed by atoms with Crippen molar-refractivity contribution in [1.82, 2.24) is 0 Å². The zero-order chi connectivity index (χ0) is 18.1. The van der Waals surface area contributed by atoms with Gasteiger partial charge in [0.1, 0.15) is 19.0 Å². The van der Waals surface area contributed by atoms with Crippen LogP contribution >= 0.6 is 0 Å². The average molecular weight is 348 g/mol. The highest BCUT2D eigenvalue weighted by atomic mass is 16.8. The van der Waals surface area contributed by atoms with Crippen LogP contribution in [0, 0.1) is 5.92 Å². The van der Waals surface area contributed by atoms with E-state index in [1.165, 1.54) is 0 Å². The normalized spacial score (nSPS) is 31.3. The molecule has 0 radical (unpaired) electrons. The maximum Gasteiger partial charge on any atom is 0.338 e. The molecule has 1 unspecified atom stereocenters. The van der Waals surface area contributed by atoms with Gasteiger partial charge in [0, 0.05) is 6.42 Å². The van der Waals surface area contributed by atoms with Gasteiger partial charge in [0.25, 0.3) is 0 Å². The second-order valence-corrected chi connectivity index (χ2v) is 7.20. The van der Waals surface area contributed by atoms with Crippen molar-refractivity contribution in [2.24, 2.45) is 5.92 Å². The summed E-state index contributed by atoms with van der Waals surface area (Å²) >= 11 is 0. The first-order valence-corrected chi connectivity index (χ1v) is 8.52. The van der Waals surface area contributed by atoms with Crippen molar-refractivity contribution in [3.05, 3.63) is 35.9 Å². The van der Waals surface area contributed by atoms with E-state index >= 15 is 0 Å². The summed E-state index contributed by atoms with van der Waals surface area (Å²) in [7, 11) is 0. The molecule has 0 bridgehead atoms. The van der Waals surface area contributed by atoms with Crippen LogP contribution in [0.1, 0.15) is 37.6 Å². The van der Waals surface area contributed by atoms with Crippen LogP contribution in [0.15, 0.2) is 30.3 Å². The first kappa shape index (κ1) is 18.0. The zero-order valence-corrected chi connectivity index (χ0v) is 14.8. The molecule has 6 nitrogen and oxygen atoms in total. The summed E-state index contributed by atoms with van der Waals surface area (Å²) in [5.74, 6) is -1.22. The molecular weight excluding hydrogens is 324 g/mol. The number of benzene rings is 1. The lowest BCUT2D eigenvalue weighted by Gasteiger charge is -2.27. The number of carbonyl (C=O) groups excluding carboxylic acids is 2. The Morgan fingerprint density at radius 2 is 2.08 bits per heavy atom. The molecule has 0 spiro atoms. The van der Waals surface area contributed by atoms with E-state index < -0.39 is 17.4 Å². The Morgan fingerprint density at radius 3 is 2.76 bits per heavy atom. The molecule has 0 saturated carbocycles. The van der Waals surface area contributed by atoms with Gasteiger partial charge in [0.05, 0.1) is 18.3 Å². The largest absolute Gasteiger partial charge is 0.459 e. The van der Waals surface area contributed by atoms with Crippen LogP contribution in [0.5, 0.6) is 0 Å². The van der Waals surface area contributed by atoms with Gasteiger partial charge in [0.15, 0.2) is 11.4 Å². The summed E-state index contributed by atoms with van der Waals surface area (Å²) in [4.78, 5) is 23.1. The minimum absolute atomic E-state index is 0.00769. The van der Waals surface area contributed by atoms with Crippen LogP contribution in [-0.4, -0.2) is 49.1 Å². The summed E-state index contributed by atoms with van der Waals surface area (Å²) < 4.78 is 23.5.